The summed E-state index contributed by atoms with van der Waals surface area (Å²) >= 11 is 0. The molecule has 0 bridgehead atoms. The van der Waals surface area contributed by atoms with Crippen molar-refractivity contribution in [3.05, 3.63) is 29.8 Å². The van der Waals surface area contributed by atoms with Crippen LogP contribution in [0.3, 0.4) is 0 Å². The zero-order chi connectivity index (χ0) is 17.0. The lowest BCUT2D eigenvalue weighted by Gasteiger charge is -2.37. The van der Waals surface area contributed by atoms with Crippen LogP contribution in [0.15, 0.2) is 24.3 Å². The predicted molar refractivity (Wildman–Crippen MR) is 93.2 cm³/mol. The second kappa shape index (κ2) is 7.21. The Kier molecular flexibility index (Phi) is 5.52. The van der Waals surface area contributed by atoms with Gasteiger partial charge in [-0.15, -0.1) is 0 Å². The second-order valence-electron chi connectivity index (χ2n) is 7.34. The lowest BCUT2D eigenvalue weighted by Crippen LogP contribution is -2.46. The highest BCUT2D eigenvalue weighted by molar-refractivity contribution is 5.68. The average molecular weight is 319 g/mol. The van der Waals surface area contributed by atoms with Crippen LogP contribution in [0.2, 0.25) is 0 Å². The number of piperidine rings is 1. The van der Waals surface area contributed by atoms with Gasteiger partial charge in [0.15, 0.2) is 0 Å². The lowest BCUT2D eigenvalue weighted by atomic mass is 10.0. The molecule has 128 valence electrons. The van der Waals surface area contributed by atoms with Gasteiger partial charge in [-0.2, -0.15) is 0 Å². The summed E-state index contributed by atoms with van der Waals surface area (Å²) in [6, 6.07) is 8.29. The molecule has 1 saturated heterocycles. The van der Waals surface area contributed by atoms with Gasteiger partial charge in [-0.3, -0.25) is 4.90 Å². The first-order valence-electron chi connectivity index (χ1n) is 8.27. The van der Waals surface area contributed by atoms with Gasteiger partial charge in [0.2, 0.25) is 0 Å². The molecule has 0 aromatic heterocycles. The van der Waals surface area contributed by atoms with Crippen molar-refractivity contribution >= 4 is 11.8 Å². The number of nitrogens with zero attached hydrogens (tertiary/aromatic N) is 2. The first-order valence-corrected chi connectivity index (χ1v) is 8.27. The summed E-state index contributed by atoms with van der Waals surface area (Å²) in [5, 5.41) is 0. The van der Waals surface area contributed by atoms with E-state index in [0.717, 1.165) is 38.2 Å². The normalized spacial score (nSPS) is 17.0. The van der Waals surface area contributed by atoms with E-state index in [1.165, 1.54) is 5.56 Å². The molecule has 1 aliphatic rings. The molecule has 5 nitrogen and oxygen atoms in total. The molecule has 1 fully saturated rings. The monoisotopic (exact) mass is 319 g/mol. The maximum Gasteiger partial charge on any atom is 0.410 e. The molecule has 1 heterocycles. The number of benzene rings is 1. The Morgan fingerprint density at radius 1 is 1.35 bits per heavy atom. The van der Waals surface area contributed by atoms with Gasteiger partial charge in [0.05, 0.1) is 0 Å². The third kappa shape index (κ3) is 5.43. The number of hydrogen-bond acceptors (Lipinski definition) is 4. The van der Waals surface area contributed by atoms with E-state index in [2.05, 4.69) is 11.0 Å². The number of carbonyl (C=O) groups excluding carboxylic acids is 1. The Labute approximate surface area is 139 Å². The molecule has 0 atom stereocenters. The number of likely N-dealkylation sites (tertiary alicyclic amines) is 1. The van der Waals surface area contributed by atoms with Crippen molar-refractivity contribution in [3.8, 4) is 0 Å². The quantitative estimate of drug-likeness (QED) is 0.870. The molecule has 1 aliphatic heterocycles. The molecule has 1 aromatic rings. The summed E-state index contributed by atoms with van der Waals surface area (Å²) in [4.78, 5) is 16.3. The molecule has 0 saturated carbocycles. The van der Waals surface area contributed by atoms with Gasteiger partial charge >= 0.3 is 6.09 Å². The van der Waals surface area contributed by atoms with Gasteiger partial charge in [-0.25, -0.2) is 4.79 Å². The van der Waals surface area contributed by atoms with Crippen LogP contribution in [0.1, 0.15) is 39.2 Å². The van der Waals surface area contributed by atoms with Crippen LogP contribution < -0.4 is 5.73 Å². The van der Waals surface area contributed by atoms with E-state index in [9.17, 15) is 4.79 Å². The Bertz CT molecular complexity index is 531. The van der Waals surface area contributed by atoms with Crippen LogP contribution in [0.25, 0.3) is 0 Å². The zero-order valence-electron chi connectivity index (χ0n) is 14.7. The Hall–Kier alpha value is -1.75. The number of amides is 1. The minimum atomic E-state index is -0.445. The maximum atomic E-state index is 12.1. The minimum Gasteiger partial charge on any atom is -0.444 e. The summed E-state index contributed by atoms with van der Waals surface area (Å²) in [6.07, 6.45) is 1.71. The first kappa shape index (κ1) is 17.6. The smallest absolute Gasteiger partial charge is 0.410 e. The Balaban J connectivity index is 1.82. The van der Waals surface area contributed by atoms with Crippen LogP contribution in [-0.2, 0) is 11.3 Å². The van der Waals surface area contributed by atoms with Crippen molar-refractivity contribution in [3.63, 3.8) is 0 Å². The minimum absolute atomic E-state index is 0.230. The first-order chi connectivity index (χ1) is 10.7. The SMILES string of the molecule is CN(C(=O)OC(C)(C)C)C1CCN(Cc2cccc(N)c2)CC1. The van der Waals surface area contributed by atoms with Gasteiger partial charge in [0, 0.05) is 38.4 Å². The van der Waals surface area contributed by atoms with Gasteiger partial charge < -0.3 is 15.4 Å². The fourth-order valence-electron chi connectivity index (χ4n) is 2.90. The van der Waals surface area contributed by atoms with Crippen molar-refractivity contribution in [2.45, 2.75) is 51.8 Å². The molecule has 1 aromatic carbocycles. The molecule has 23 heavy (non-hydrogen) atoms. The second-order valence-corrected chi connectivity index (χ2v) is 7.34. The van der Waals surface area contributed by atoms with Crippen LogP contribution >= 0.6 is 0 Å². The van der Waals surface area contributed by atoms with Crippen molar-refractivity contribution in [1.82, 2.24) is 9.80 Å². The summed E-state index contributed by atoms with van der Waals surface area (Å²) in [5.74, 6) is 0. The molecule has 0 spiro atoms. The lowest BCUT2D eigenvalue weighted by molar-refractivity contribution is 0.0149. The summed E-state index contributed by atoms with van der Waals surface area (Å²) < 4.78 is 5.45. The summed E-state index contributed by atoms with van der Waals surface area (Å²) in [6.45, 7) is 8.56. The molecular weight excluding hydrogens is 290 g/mol. The van der Waals surface area contributed by atoms with Crippen LogP contribution in [-0.4, -0.2) is 47.7 Å². The van der Waals surface area contributed by atoms with E-state index >= 15 is 0 Å². The number of ether oxygens (including phenoxy) is 1. The van der Waals surface area contributed by atoms with Crippen LogP contribution in [0, 0.1) is 0 Å². The van der Waals surface area contributed by atoms with Gasteiger partial charge in [-0.05, 0) is 51.3 Å². The molecule has 0 aliphatic carbocycles. The predicted octanol–water partition coefficient (Wildman–Crippen LogP) is 3.10. The van der Waals surface area contributed by atoms with Crippen molar-refractivity contribution < 1.29 is 9.53 Å². The molecule has 2 N–H and O–H groups in total. The fraction of sp³-hybridized carbons (Fsp3) is 0.611. The zero-order valence-corrected chi connectivity index (χ0v) is 14.7. The number of hydrogen-bond donors (Lipinski definition) is 1. The third-order valence-electron chi connectivity index (χ3n) is 4.14. The van der Waals surface area contributed by atoms with E-state index in [4.69, 9.17) is 10.5 Å². The molecule has 5 heteroatoms. The van der Waals surface area contributed by atoms with Gasteiger partial charge in [-0.1, -0.05) is 12.1 Å². The van der Waals surface area contributed by atoms with Crippen molar-refractivity contribution in [2.75, 3.05) is 25.9 Å². The Morgan fingerprint density at radius 3 is 2.57 bits per heavy atom. The van der Waals surface area contributed by atoms with Crippen LogP contribution in [0.5, 0.6) is 0 Å². The number of rotatable bonds is 3. The Morgan fingerprint density at radius 2 is 2.00 bits per heavy atom. The number of anilines is 1. The van der Waals surface area contributed by atoms with E-state index in [0.29, 0.717) is 0 Å². The van der Waals surface area contributed by atoms with Crippen LogP contribution in [0.4, 0.5) is 10.5 Å². The highest BCUT2D eigenvalue weighted by Gasteiger charge is 2.28. The average Bonchev–Trinajstić information content (AvgIpc) is 2.45. The molecule has 1 amide bonds. The molecule has 0 unspecified atom stereocenters. The van der Waals surface area contributed by atoms with Crippen molar-refractivity contribution in [2.24, 2.45) is 0 Å². The van der Waals surface area contributed by atoms with Gasteiger partial charge in [0.1, 0.15) is 5.60 Å². The number of nitrogen functional groups attached to an aromatic ring is 1. The molecule has 2 rings (SSSR count). The topological polar surface area (TPSA) is 58.8 Å². The summed E-state index contributed by atoms with van der Waals surface area (Å²) in [7, 11) is 1.84. The highest BCUT2D eigenvalue weighted by Crippen LogP contribution is 2.20. The number of nitrogens with two attached hydrogens (primary N) is 1. The standard InChI is InChI=1S/C18H29N3O2/c1-18(2,3)23-17(22)20(4)16-8-10-21(11-9-16)13-14-6-5-7-15(19)12-14/h5-7,12,16H,8-11,13,19H2,1-4H3. The number of carbonyl (C=O) groups is 1. The van der Waals surface area contributed by atoms with E-state index in [1.54, 1.807) is 4.90 Å². The van der Waals surface area contributed by atoms with E-state index in [-0.39, 0.29) is 12.1 Å². The third-order valence-corrected chi connectivity index (χ3v) is 4.14. The molecule has 0 radical (unpaired) electrons. The molecular formula is C18H29N3O2. The van der Waals surface area contributed by atoms with Gasteiger partial charge in [0.25, 0.3) is 0 Å². The van der Waals surface area contributed by atoms with E-state index < -0.39 is 5.60 Å². The fourth-order valence-corrected chi connectivity index (χ4v) is 2.90. The maximum absolute atomic E-state index is 12.1. The largest absolute Gasteiger partial charge is 0.444 e. The summed E-state index contributed by atoms with van der Waals surface area (Å²) in [5.41, 5.74) is 7.43. The van der Waals surface area contributed by atoms with E-state index in [1.807, 2.05) is 46.0 Å². The van der Waals surface area contributed by atoms with Crippen molar-refractivity contribution in [1.29, 1.82) is 0 Å². The highest BCUT2D eigenvalue weighted by atomic mass is 16.6.